The number of rotatable bonds is 3. The van der Waals surface area contributed by atoms with E-state index in [4.69, 9.17) is 0 Å². The number of benzene rings is 1. The number of hydrogen-bond donors (Lipinski definition) is 0. The Hall–Kier alpha value is -2.69. The SMILES string of the molecule is Cc1ccn2c(Cc3ccc([N+](=O)[O-])cc3)cnc2c1. The van der Waals surface area contributed by atoms with E-state index in [9.17, 15) is 10.1 Å². The van der Waals surface area contributed by atoms with Crippen molar-refractivity contribution in [1.29, 1.82) is 0 Å². The summed E-state index contributed by atoms with van der Waals surface area (Å²) >= 11 is 0. The van der Waals surface area contributed by atoms with Gasteiger partial charge in [0.05, 0.1) is 4.92 Å². The summed E-state index contributed by atoms with van der Waals surface area (Å²) in [5.74, 6) is 0. The van der Waals surface area contributed by atoms with Crippen LogP contribution in [0.1, 0.15) is 16.8 Å². The molecule has 20 heavy (non-hydrogen) atoms. The predicted molar refractivity (Wildman–Crippen MR) is 75.8 cm³/mol. The van der Waals surface area contributed by atoms with E-state index < -0.39 is 0 Å². The largest absolute Gasteiger partial charge is 0.304 e. The first kappa shape index (κ1) is 12.3. The van der Waals surface area contributed by atoms with Crippen molar-refractivity contribution in [2.75, 3.05) is 0 Å². The normalized spacial score (nSPS) is 10.8. The highest BCUT2D eigenvalue weighted by atomic mass is 16.6. The van der Waals surface area contributed by atoms with E-state index in [0.29, 0.717) is 6.42 Å². The van der Waals surface area contributed by atoms with E-state index in [2.05, 4.69) is 4.98 Å². The lowest BCUT2D eigenvalue weighted by atomic mass is 10.1. The number of imidazole rings is 1. The number of non-ortho nitro benzene ring substituents is 1. The topological polar surface area (TPSA) is 60.4 Å². The molecular weight excluding hydrogens is 254 g/mol. The van der Waals surface area contributed by atoms with Crippen LogP contribution in [0.4, 0.5) is 5.69 Å². The molecular formula is C15H13N3O2. The second kappa shape index (κ2) is 4.77. The van der Waals surface area contributed by atoms with Crippen LogP contribution < -0.4 is 0 Å². The van der Waals surface area contributed by atoms with Gasteiger partial charge in [-0.3, -0.25) is 10.1 Å². The summed E-state index contributed by atoms with van der Waals surface area (Å²) in [5.41, 5.74) is 4.29. The van der Waals surface area contributed by atoms with Crippen molar-refractivity contribution in [1.82, 2.24) is 9.38 Å². The molecule has 0 N–H and O–H groups in total. The molecule has 5 heteroatoms. The highest BCUT2D eigenvalue weighted by Crippen LogP contribution is 2.16. The monoisotopic (exact) mass is 267 g/mol. The molecule has 5 nitrogen and oxygen atoms in total. The van der Waals surface area contributed by atoms with E-state index in [0.717, 1.165) is 16.9 Å². The Bertz CT molecular complexity index is 775. The van der Waals surface area contributed by atoms with Crippen LogP contribution in [-0.2, 0) is 6.42 Å². The Morgan fingerprint density at radius 1 is 1.25 bits per heavy atom. The first-order chi connectivity index (χ1) is 9.63. The maximum absolute atomic E-state index is 10.6. The molecule has 2 aromatic heterocycles. The van der Waals surface area contributed by atoms with Gasteiger partial charge >= 0.3 is 0 Å². The zero-order chi connectivity index (χ0) is 14.1. The van der Waals surface area contributed by atoms with E-state index >= 15 is 0 Å². The number of nitro benzene ring substituents is 1. The molecule has 2 heterocycles. The molecule has 0 saturated heterocycles. The Morgan fingerprint density at radius 2 is 2.00 bits per heavy atom. The van der Waals surface area contributed by atoms with Gasteiger partial charge in [-0.15, -0.1) is 0 Å². The van der Waals surface area contributed by atoms with E-state index in [1.54, 1.807) is 12.1 Å². The van der Waals surface area contributed by atoms with Crippen LogP contribution in [0.15, 0.2) is 48.8 Å². The molecule has 0 radical (unpaired) electrons. The molecule has 0 bridgehead atoms. The summed E-state index contributed by atoms with van der Waals surface area (Å²) in [6, 6.07) is 10.7. The average molecular weight is 267 g/mol. The van der Waals surface area contributed by atoms with Gasteiger partial charge < -0.3 is 4.40 Å². The highest BCUT2D eigenvalue weighted by molar-refractivity contribution is 5.44. The maximum Gasteiger partial charge on any atom is 0.269 e. The standard InChI is InChI=1S/C15H13N3O2/c1-11-6-7-17-14(10-16-15(17)8-11)9-12-2-4-13(5-3-12)18(19)20/h2-8,10H,9H2,1H3. The minimum atomic E-state index is -0.388. The second-order valence-electron chi connectivity index (χ2n) is 4.78. The number of nitrogens with zero attached hydrogens (tertiary/aromatic N) is 3. The molecule has 0 saturated carbocycles. The number of nitro groups is 1. The molecule has 0 spiro atoms. The number of aromatic nitrogens is 2. The van der Waals surface area contributed by atoms with Crippen molar-refractivity contribution >= 4 is 11.3 Å². The molecule has 100 valence electrons. The molecule has 0 amide bonds. The van der Waals surface area contributed by atoms with Crippen molar-refractivity contribution in [3.8, 4) is 0 Å². The first-order valence-corrected chi connectivity index (χ1v) is 6.29. The van der Waals surface area contributed by atoms with Gasteiger partial charge in [-0.2, -0.15) is 0 Å². The van der Waals surface area contributed by atoms with Crippen LogP contribution in [-0.4, -0.2) is 14.3 Å². The number of hydrogen-bond acceptors (Lipinski definition) is 3. The lowest BCUT2D eigenvalue weighted by Crippen LogP contribution is -1.95. The van der Waals surface area contributed by atoms with Crippen molar-refractivity contribution in [3.05, 3.63) is 75.7 Å². The smallest absolute Gasteiger partial charge is 0.269 e. The maximum atomic E-state index is 10.6. The molecule has 0 aliphatic carbocycles. The van der Waals surface area contributed by atoms with Crippen molar-refractivity contribution < 1.29 is 4.92 Å². The van der Waals surface area contributed by atoms with E-state index in [-0.39, 0.29) is 10.6 Å². The zero-order valence-electron chi connectivity index (χ0n) is 11.0. The van der Waals surface area contributed by atoms with Gasteiger partial charge in [0, 0.05) is 36.6 Å². The highest BCUT2D eigenvalue weighted by Gasteiger charge is 2.07. The van der Waals surface area contributed by atoms with Gasteiger partial charge in [0.2, 0.25) is 0 Å². The Morgan fingerprint density at radius 3 is 2.70 bits per heavy atom. The third-order valence-electron chi connectivity index (χ3n) is 3.28. The quantitative estimate of drug-likeness (QED) is 0.541. The van der Waals surface area contributed by atoms with Crippen LogP contribution in [0.5, 0.6) is 0 Å². The lowest BCUT2D eigenvalue weighted by molar-refractivity contribution is -0.384. The van der Waals surface area contributed by atoms with Gasteiger partial charge in [0.15, 0.2) is 0 Å². The predicted octanol–water partition coefficient (Wildman–Crippen LogP) is 3.14. The summed E-state index contributed by atoms with van der Waals surface area (Å²) in [4.78, 5) is 14.6. The summed E-state index contributed by atoms with van der Waals surface area (Å²) < 4.78 is 2.04. The van der Waals surface area contributed by atoms with Crippen molar-refractivity contribution in [2.24, 2.45) is 0 Å². The summed E-state index contributed by atoms with van der Waals surface area (Å²) in [6.07, 6.45) is 4.54. The van der Waals surface area contributed by atoms with Gasteiger partial charge in [-0.1, -0.05) is 12.1 Å². The molecule has 0 fully saturated rings. The molecule has 0 aliphatic rings. The van der Waals surface area contributed by atoms with E-state index in [1.165, 1.54) is 17.7 Å². The molecule has 3 rings (SSSR count). The Balaban J connectivity index is 1.91. The molecule has 0 unspecified atom stereocenters. The second-order valence-corrected chi connectivity index (χ2v) is 4.78. The zero-order valence-corrected chi connectivity index (χ0v) is 11.0. The summed E-state index contributed by atoms with van der Waals surface area (Å²) in [5, 5.41) is 10.6. The third kappa shape index (κ3) is 2.25. The Kier molecular flexibility index (Phi) is 2.95. The minimum Gasteiger partial charge on any atom is -0.304 e. The third-order valence-corrected chi connectivity index (χ3v) is 3.28. The summed E-state index contributed by atoms with van der Waals surface area (Å²) in [7, 11) is 0. The lowest BCUT2D eigenvalue weighted by Gasteiger charge is -2.03. The average Bonchev–Trinajstić information content (AvgIpc) is 2.81. The van der Waals surface area contributed by atoms with Gasteiger partial charge in [-0.25, -0.2) is 4.98 Å². The fourth-order valence-corrected chi connectivity index (χ4v) is 2.21. The van der Waals surface area contributed by atoms with Crippen LogP contribution in [0.2, 0.25) is 0 Å². The molecule has 0 aliphatic heterocycles. The number of fused-ring (bicyclic) bond motifs is 1. The molecule has 0 atom stereocenters. The van der Waals surface area contributed by atoms with Gasteiger partial charge in [-0.05, 0) is 30.2 Å². The first-order valence-electron chi connectivity index (χ1n) is 6.29. The molecule has 1 aromatic carbocycles. The van der Waals surface area contributed by atoms with Crippen LogP contribution in [0, 0.1) is 17.0 Å². The molecule has 3 aromatic rings. The van der Waals surface area contributed by atoms with Crippen LogP contribution >= 0.6 is 0 Å². The van der Waals surface area contributed by atoms with Gasteiger partial charge in [0.25, 0.3) is 5.69 Å². The fraction of sp³-hybridized carbons (Fsp3) is 0.133. The summed E-state index contributed by atoms with van der Waals surface area (Å²) in [6.45, 7) is 2.03. The van der Waals surface area contributed by atoms with Gasteiger partial charge in [0.1, 0.15) is 5.65 Å². The van der Waals surface area contributed by atoms with Crippen molar-refractivity contribution in [2.45, 2.75) is 13.3 Å². The van der Waals surface area contributed by atoms with Crippen molar-refractivity contribution in [3.63, 3.8) is 0 Å². The minimum absolute atomic E-state index is 0.113. The Labute approximate surface area is 115 Å². The number of aryl methyl sites for hydroxylation is 1. The fourth-order valence-electron chi connectivity index (χ4n) is 2.21. The van der Waals surface area contributed by atoms with Crippen LogP contribution in [0.25, 0.3) is 5.65 Å². The van der Waals surface area contributed by atoms with E-state index in [1.807, 2.05) is 35.9 Å². The van der Waals surface area contributed by atoms with Crippen LogP contribution in [0.3, 0.4) is 0 Å². The number of pyridine rings is 1.